The molecule has 0 aliphatic carbocycles. The van der Waals surface area contributed by atoms with Gasteiger partial charge in [-0.3, -0.25) is 4.79 Å². The van der Waals surface area contributed by atoms with Crippen molar-refractivity contribution in [2.75, 3.05) is 6.54 Å². The number of nitrogens with zero attached hydrogens (tertiary/aromatic N) is 2. The summed E-state index contributed by atoms with van der Waals surface area (Å²) in [6.45, 7) is 7.70. The lowest BCUT2D eigenvalue weighted by Crippen LogP contribution is -2.41. The van der Waals surface area contributed by atoms with E-state index in [0.717, 1.165) is 22.3 Å². The maximum absolute atomic E-state index is 13.3. The normalized spacial score (nSPS) is 22.4. The first-order valence-corrected chi connectivity index (χ1v) is 12.2. The van der Waals surface area contributed by atoms with Gasteiger partial charge in [-0.05, 0) is 64.3 Å². The van der Waals surface area contributed by atoms with Crippen LogP contribution in [0.1, 0.15) is 74.9 Å². The highest BCUT2D eigenvalue weighted by Crippen LogP contribution is 2.45. The summed E-state index contributed by atoms with van der Waals surface area (Å²) < 4.78 is 46.0. The number of carbonyl (C=O) groups is 1. The van der Waals surface area contributed by atoms with Gasteiger partial charge in [-0.25, -0.2) is 4.98 Å². The summed E-state index contributed by atoms with van der Waals surface area (Å²) in [7, 11) is -0.560. The number of aldehydes is 1. The molecule has 0 radical (unpaired) electrons. The largest absolute Gasteiger partial charge is 0.494 e. The second kappa shape index (κ2) is 8.94. The standard InChI is InChI=1S/C26H30BF2N3O4/c1-6-30-18-13-20(22-15(14-33)8-7-9-21(22)34-24(28)29)32-19-12-16(10-11-17(19)31-23(18)32)27-35-25(2,3)26(4,5)36-27/h7-12,14,18,20,24,30H,6,13H2,1-5H3. The first kappa shape index (κ1) is 24.9. The summed E-state index contributed by atoms with van der Waals surface area (Å²) in [5, 5.41) is 3.44. The van der Waals surface area contributed by atoms with Crippen molar-refractivity contribution in [2.24, 2.45) is 0 Å². The monoisotopic (exact) mass is 497 g/mol. The van der Waals surface area contributed by atoms with Gasteiger partial charge in [0.05, 0.1) is 34.3 Å². The molecule has 0 bridgehead atoms. The van der Waals surface area contributed by atoms with E-state index >= 15 is 0 Å². The molecule has 2 aromatic carbocycles. The van der Waals surface area contributed by atoms with Gasteiger partial charge < -0.3 is 23.9 Å². The molecule has 190 valence electrons. The van der Waals surface area contributed by atoms with Crippen molar-refractivity contribution in [3.05, 3.63) is 53.3 Å². The van der Waals surface area contributed by atoms with E-state index in [9.17, 15) is 13.6 Å². The molecule has 3 heterocycles. The van der Waals surface area contributed by atoms with Crippen LogP contribution in [0.3, 0.4) is 0 Å². The highest BCUT2D eigenvalue weighted by atomic mass is 19.3. The van der Waals surface area contributed by atoms with Gasteiger partial charge in [0.1, 0.15) is 11.6 Å². The molecule has 0 amide bonds. The van der Waals surface area contributed by atoms with Crippen LogP contribution >= 0.6 is 0 Å². The molecule has 2 unspecified atom stereocenters. The number of rotatable bonds is 7. The summed E-state index contributed by atoms with van der Waals surface area (Å²) >= 11 is 0. The van der Waals surface area contributed by atoms with E-state index in [2.05, 4.69) is 5.32 Å². The number of imidazole rings is 1. The minimum absolute atomic E-state index is 0.00772. The lowest BCUT2D eigenvalue weighted by atomic mass is 9.79. The van der Waals surface area contributed by atoms with E-state index in [0.29, 0.717) is 30.4 Å². The number of ether oxygens (including phenoxy) is 1. The van der Waals surface area contributed by atoms with E-state index < -0.39 is 31.0 Å². The molecule has 10 heteroatoms. The van der Waals surface area contributed by atoms with Gasteiger partial charge in [-0.1, -0.05) is 25.1 Å². The predicted molar refractivity (Wildman–Crippen MR) is 133 cm³/mol. The van der Waals surface area contributed by atoms with Gasteiger partial charge in [0.25, 0.3) is 0 Å². The molecule has 5 rings (SSSR count). The van der Waals surface area contributed by atoms with Crippen LogP contribution in [0.15, 0.2) is 36.4 Å². The van der Waals surface area contributed by atoms with E-state index in [1.807, 2.05) is 57.4 Å². The van der Waals surface area contributed by atoms with Crippen molar-refractivity contribution in [3.8, 4) is 5.75 Å². The Morgan fingerprint density at radius 2 is 1.94 bits per heavy atom. The van der Waals surface area contributed by atoms with Crippen LogP contribution < -0.4 is 15.5 Å². The molecular formula is C26H30BF2N3O4. The fourth-order valence-electron chi connectivity index (χ4n) is 5.15. The van der Waals surface area contributed by atoms with Crippen LogP contribution in [0.5, 0.6) is 5.75 Å². The molecule has 1 saturated heterocycles. The first-order valence-electron chi connectivity index (χ1n) is 12.2. The summed E-state index contributed by atoms with van der Waals surface area (Å²) in [4.78, 5) is 16.9. The number of alkyl halides is 2. The van der Waals surface area contributed by atoms with Gasteiger partial charge in [-0.15, -0.1) is 0 Å². The second-order valence-electron chi connectivity index (χ2n) is 10.3. The Labute approximate surface area is 209 Å². The molecule has 1 aromatic heterocycles. The fourth-order valence-corrected chi connectivity index (χ4v) is 5.15. The first-order chi connectivity index (χ1) is 17.1. The zero-order valence-corrected chi connectivity index (χ0v) is 21.0. The van der Waals surface area contributed by atoms with E-state index in [4.69, 9.17) is 19.0 Å². The predicted octanol–water partition coefficient (Wildman–Crippen LogP) is 4.39. The Bertz CT molecular complexity index is 1290. The van der Waals surface area contributed by atoms with Crippen LogP contribution in [-0.4, -0.2) is 47.3 Å². The molecule has 1 N–H and O–H groups in total. The van der Waals surface area contributed by atoms with Crippen molar-refractivity contribution < 1.29 is 27.6 Å². The summed E-state index contributed by atoms with van der Waals surface area (Å²) in [6.07, 6.45) is 1.22. The van der Waals surface area contributed by atoms with E-state index in [1.165, 1.54) is 6.07 Å². The molecule has 3 aromatic rings. The Morgan fingerprint density at radius 3 is 2.58 bits per heavy atom. The molecule has 1 fully saturated rings. The average Bonchev–Trinajstić information content (AvgIpc) is 3.41. The van der Waals surface area contributed by atoms with Gasteiger partial charge in [-0.2, -0.15) is 8.78 Å². The Balaban J connectivity index is 1.66. The Kier molecular flexibility index (Phi) is 6.17. The summed E-state index contributed by atoms with van der Waals surface area (Å²) in [5.74, 6) is 0.776. The topological polar surface area (TPSA) is 74.6 Å². The Hall–Kier alpha value is -2.82. The van der Waals surface area contributed by atoms with Gasteiger partial charge in [0.2, 0.25) is 0 Å². The van der Waals surface area contributed by atoms with Gasteiger partial charge >= 0.3 is 13.7 Å². The van der Waals surface area contributed by atoms with Crippen molar-refractivity contribution in [3.63, 3.8) is 0 Å². The maximum Gasteiger partial charge on any atom is 0.494 e. The van der Waals surface area contributed by atoms with Gasteiger partial charge in [0.15, 0.2) is 6.29 Å². The van der Waals surface area contributed by atoms with Crippen LogP contribution in [0.4, 0.5) is 8.78 Å². The molecule has 2 atom stereocenters. The average molecular weight is 497 g/mol. The van der Waals surface area contributed by atoms with E-state index in [-0.39, 0.29) is 11.8 Å². The zero-order chi connectivity index (χ0) is 25.8. The van der Waals surface area contributed by atoms with Crippen LogP contribution in [0, 0.1) is 0 Å². The van der Waals surface area contributed by atoms with Crippen LogP contribution in [0.25, 0.3) is 11.0 Å². The number of halogens is 2. The minimum atomic E-state index is -3.01. The number of aromatic nitrogens is 2. The molecular weight excluding hydrogens is 467 g/mol. The van der Waals surface area contributed by atoms with Crippen LogP contribution in [-0.2, 0) is 9.31 Å². The van der Waals surface area contributed by atoms with E-state index in [1.54, 1.807) is 12.1 Å². The van der Waals surface area contributed by atoms with Crippen molar-refractivity contribution in [2.45, 2.75) is 70.9 Å². The lowest BCUT2D eigenvalue weighted by Gasteiger charge is -2.32. The fraction of sp³-hybridized carbons (Fsp3) is 0.462. The van der Waals surface area contributed by atoms with Crippen LogP contribution in [0.2, 0.25) is 0 Å². The Morgan fingerprint density at radius 1 is 1.22 bits per heavy atom. The number of nitrogens with one attached hydrogen (secondary N) is 1. The molecule has 0 saturated carbocycles. The SMILES string of the molecule is CCNC1CC(c2c(C=O)cccc2OC(F)F)n2c1nc1ccc(B3OC(C)(C)C(C)(C)O3)cc12. The second-order valence-corrected chi connectivity index (χ2v) is 10.3. The van der Waals surface area contributed by atoms with Crippen molar-refractivity contribution in [1.29, 1.82) is 0 Å². The molecule has 0 spiro atoms. The third kappa shape index (κ3) is 4.01. The highest BCUT2D eigenvalue weighted by Gasteiger charge is 2.52. The van der Waals surface area contributed by atoms with Crippen molar-refractivity contribution in [1.82, 2.24) is 14.9 Å². The minimum Gasteiger partial charge on any atom is -0.434 e. The number of benzene rings is 2. The summed E-state index contributed by atoms with van der Waals surface area (Å²) in [6, 6.07) is 9.93. The quantitative estimate of drug-likeness (QED) is 0.386. The van der Waals surface area contributed by atoms with Crippen molar-refractivity contribution >= 4 is 29.9 Å². The lowest BCUT2D eigenvalue weighted by molar-refractivity contribution is -0.0507. The number of carbonyl (C=O) groups excluding carboxylic acids is 1. The third-order valence-corrected chi connectivity index (χ3v) is 7.58. The highest BCUT2D eigenvalue weighted by molar-refractivity contribution is 6.62. The number of hydrogen-bond acceptors (Lipinski definition) is 6. The number of fused-ring (bicyclic) bond motifs is 3. The number of hydrogen-bond donors (Lipinski definition) is 1. The molecule has 7 nitrogen and oxygen atoms in total. The summed E-state index contributed by atoms with van der Waals surface area (Å²) in [5.41, 5.74) is 2.16. The third-order valence-electron chi connectivity index (χ3n) is 7.58. The zero-order valence-electron chi connectivity index (χ0n) is 21.0. The smallest absolute Gasteiger partial charge is 0.434 e. The molecule has 2 aliphatic rings. The molecule has 2 aliphatic heterocycles. The maximum atomic E-state index is 13.3. The van der Waals surface area contributed by atoms with Gasteiger partial charge in [0, 0.05) is 11.1 Å². The molecule has 36 heavy (non-hydrogen) atoms.